The minimum absolute atomic E-state index is 0.172. The zero-order chi connectivity index (χ0) is 12.0. The van der Waals surface area contributed by atoms with Gasteiger partial charge >= 0.3 is 0 Å². The summed E-state index contributed by atoms with van der Waals surface area (Å²) in [6, 6.07) is 0.600. The molecule has 2 N–H and O–H groups in total. The van der Waals surface area contributed by atoms with E-state index in [0.717, 1.165) is 26.2 Å². The van der Waals surface area contributed by atoms with Crippen molar-refractivity contribution >= 4 is 0 Å². The molecule has 0 spiro atoms. The van der Waals surface area contributed by atoms with Crippen LogP contribution in [0.2, 0.25) is 0 Å². The third kappa shape index (κ3) is 3.94. The van der Waals surface area contributed by atoms with Gasteiger partial charge in [-0.2, -0.15) is 0 Å². The van der Waals surface area contributed by atoms with E-state index in [1.807, 2.05) is 0 Å². The van der Waals surface area contributed by atoms with Gasteiger partial charge in [-0.3, -0.25) is 0 Å². The lowest BCUT2D eigenvalue weighted by Crippen LogP contribution is -2.43. The molecule has 0 aromatic rings. The van der Waals surface area contributed by atoms with Crippen LogP contribution in [-0.4, -0.2) is 37.5 Å². The predicted octanol–water partition coefficient (Wildman–Crippen LogP) is 2.09. The lowest BCUT2D eigenvalue weighted by atomic mass is 9.74. The molecule has 1 saturated carbocycles. The topological polar surface area (TPSA) is 41.5 Å². The minimum atomic E-state index is 0.172. The molecule has 0 bridgehead atoms. The Balaban J connectivity index is 1.77. The van der Waals surface area contributed by atoms with Crippen LogP contribution in [0, 0.1) is 5.41 Å². The molecule has 2 rings (SSSR count). The number of aliphatic hydroxyl groups excluding tert-OH is 1. The first kappa shape index (κ1) is 13.3. The van der Waals surface area contributed by atoms with Crippen LogP contribution in [0.25, 0.3) is 0 Å². The van der Waals surface area contributed by atoms with Crippen molar-refractivity contribution in [2.24, 2.45) is 5.41 Å². The maximum Gasteiger partial charge on any atom is 0.0499 e. The van der Waals surface area contributed by atoms with E-state index in [0.29, 0.717) is 12.6 Å². The van der Waals surface area contributed by atoms with Gasteiger partial charge in [0.25, 0.3) is 0 Å². The maximum absolute atomic E-state index is 9.66. The molecule has 1 aliphatic carbocycles. The van der Waals surface area contributed by atoms with Gasteiger partial charge in [-0.1, -0.05) is 19.3 Å². The Morgan fingerprint density at radius 3 is 2.65 bits per heavy atom. The lowest BCUT2D eigenvalue weighted by molar-refractivity contribution is 0.0771. The summed E-state index contributed by atoms with van der Waals surface area (Å²) < 4.78 is 5.48. The largest absolute Gasteiger partial charge is 0.396 e. The number of hydrogen-bond acceptors (Lipinski definition) is 3. The number of nitrogens with one attached hydrogen (secondary N) is 1. The van der Waals surface area contributed by atoms with Crippen molar-refractivity contribution in [3.05, 3.63) is 0 Å². The van der Waals surface area contributed by atoms with E-state index >= 15 is 0 Å². The van der Waals surface area contributed by atoms with Gasteiger partial charge in [-0.05, 0) is 32.1 Å². The van der Waals surface area contributed by atoms with Crippen molar-refractivity contribution in [2.75, 3.05) is 26.4 Å². The van der Waals surface area contributed by atoms with Crippen molar-refractivity contribution in [1.29, 1.82) is 0 Å². The van der Waals surface area contributed by atoms with E-state index in [4.69, 9.17) is 4.74 Å². The fourth-order valence-corrected chi connectivity index (χ4v) is 3.16. The molecule has 0 radical (unpaired) electrons. The van der Waals surface area contributed by atoms with Crippen molar-refractivity contribution in [1.82, 2.24) is 5.32 Å². The Labute approximate surface area is 105 Å². The van der Waals surface area contributed by atoms with Crippen LogP contribution < -0.4 is 5.32 Å². The fourth-order valence-electron chi connectivity index (χ4n) is 3.16. The fraction of sp³-hybridized carbons (Fsp3) is 1.00. The standard InChI is InChI=1S/C14H27NO2/c16-12-14(7-2-1-3-8-14)11-15-13-5-4-9-17-10-6-13/h13,15-16H,1-12H2. The minimum Gasteiger partial charge on any atom is -0.396 e. The Hall–Kier alpha value is -0.120. The molecule has 2 aliphatic rings. The second-order valence-electron chi connectivity index (χ2n) is 5.84. The van der Waals surface area contributed by atoms with Gasteiger partial charge in [0.05, 0.1) is 0 Å². The molecule has 1 unspecified atom stereocenters. The van der Waals surface area contributed by atoms with Gasteiger partial charge in [0.1, 0.15) is 0 Å². The highest BCUT2D eigenvalue weighted by Gasteiger charge is 2.31. The van der Waals surface area contributed by atoms with E-state index < -0.39 is 0 Å². The maximum atomic E-state index is 9.66. The summed E-state index contributed by atoms with van der Waals surface area (Å²) in [7, 11) is 0. The third-order valence-corrected chi connectivity index (χ3v) is 4.47. The smallest absolute Gasteiger partial charge is 0.0499 e. The van der Waals surface area contributed by atoms with E-state index in [-0.39, 0.29) is 5.41 Å². The average molecular weight is 241 g/mol. The predicted molar refractivity (Wildman–Crippen MR) is 69.1 cm³/mol. The third-order valence-electron chi connectivity index (χ3n) is 4.47. The molecular formula is C14H27NO2. The Kier molecular flexibility index (Phi) is 5.26. The summed E-state index contributed by atoms with van der Waals surface area (Å²) in [5.74, 6) is 0. The van der Waals surface area contributed by atoms with E-state index in [1.54, 1.807) is 0 Å². The quantitative estimate of drug-likeness (QED) is 0.792. The van der Waals surface area contributed by atoms with Crippen molar-refractivity contribution in [2.45, 2.75) is 57.4 Å². The summed E-state index contributed by atoms with van der Waals surface area (Å²) in [6.45, 7) is 3.16. The molecule has 1 aliphatic heterocycles. The number of ether oxygens (including phenoxy) is 1. The molecule has 3 heteroatoms. The van der Waals surface area contributed by atoms with E-state index in [9.17, 15) is 5.11 Å². The zero-order valence-electron chi connectivity index (χ0n) is 10.9. The molecule has 17 heavy (non-hydrogen) atoms. The van der Waals surface area contributed by atoms with Crippen LogP contribution in [0.15, 0.2) is 0 Å². The van der Waals surface area contributed by atoms with Gasteiger partial charge in [0, 0.05) is 37.8 Å². The van der Waals surface area contributed by atoms with Crippen molar-refractivity contribution in [3.8, 4) is 0 Å². The van der Waals surface area contributed by atoms with E-state index in [2.05, 4.69) is 5.32 Å². The molecule has 3 nitrogen and oxygen atoms in total. The summed E-state index contributed by atoms with van der Waals surface area (Å²) in [5.41, 5.74) is 0.172. The molecule has 1 heterocycles. The molecule has 2 fully saturated rings. The molecule has 1 atom stereocenters. The molecule has 0 amide bonds. The molecule has 1 saturated heterocycles. The molecular weight excluding hydrogens is 214 g/mol. The second kappa shape index (κ2) is 6.72. The van der Waals surface area contributed by atoms with Gasteiger partial charge in [0.2, 0.25) is 0 Å². The van der Waals surface area contributed by atoms with Crippen molar-refractivity contribution in [3.63, 3.8) is 0 Å². The highest BCUT2D eigenvalue weighted by Crippen LogP contribution is 2.35. The van der Waals surface area contributed by atoms with Gasteiger partial charge < -0.3 is 15.2 Å². The van der Waals surface area contributed by atoms with Crippen LogP contribution in [0.1, 0.15) is 51.4 Å². The van der Waals surface area contributed by atoms with Crippen molar-refractivity contribution < 1.29 is 9.84 Å². The van der Waals surface area contributed by atoms with Crippen LogP contribution >= 0.6 is 0 Å². The Bertz CT molecular complexity index is 206. The van der Waals surface area contributed by atoms with Crippen LogP contribution in [-0.2, 0) is 4.74 Å². The molecule has 0 aromatic heterocycles. The van der Waals surface area contributed by atoms with Gasteiger partial charge in [0.15, 0.2) is 0 Å². The van der Waals surface area contributed by atoms with E-state index in [1.165, 1.54) is 44.9 Å². The first-order chi connectivity index (χ1) is 8.35. The highest BCUT2D eigenvalue weighted by atomic mass is 16.5. The first-order valence-electron chi connectivity index (χ1n) is 7.27. The number of rotatable bonds is 4. The normalized spacial score (nSPS) is 29.8. The summed E-state index contributed by atoms with van der Waals surface area (Å²) in [5, 5.41) is 13.3. The van der Waals surface area contributed by atoms with Crippen LogP contribution in [0.3, 0.4) is 0 Å². The van der Waals surface area contributed by atoms with Gasteiger partial charge in [-0.25, -0.2) is 0 Å². The SMILES string of the molecule is OCC1(CNC2CCCOCC2)CCCCC1. The molecule has 0 aromatic carbocycles. The number of hydrogen-bond donors (Lipinski definition) is 2. The highest BCUT2D eigenvalue weighted by molar-refractivity contribution is 4.86. The molecule has 100 valence electrons. The monoisotopic (exact) mass is 241 g/mol. The second-order valence-corrected chi connectivity index (χ2v) is 5.84. The summed E-state index contributed by atoms with van der Waals surface area (Å²) >= 11 is 0. The lowest BCUT2D eigenvalue weighted by Gasteiger charge is -2.37. The average Bonchev–Trinajstić information content (AvgIpc) is 2.66. The first-order valence-corrected chi connectivity index (χ1v) is 7.27. The van der Waals surface area contributed by atoms with Crippen LogP contribution in [0.4, 0.5) is 0 Å². The Morgan fingerprint density at radius 2 is 1.88 bits per heavy atom. The van der Waals surface area contributed by atoms with Crippen LogP contribution in [0.5, 0.6) is 0 Å². The number of aliphatic hydroxyl groups is 1. The summed E-state index contributed by atoms with van der Waals surface area (Å²) in [6.07, 6.45) is 9.83. The Morgan fingerprint density at radius 1 is 1.06 bits per heavy atom. The zero-order valence-corrected chi connectivity index (χ0v) is 10.9. The van der Waals surface area contributed by atoms with Gasteiger partial charge in [-0.15, -0.1) is 0 Å². The summed E-state index contributed by atoms with van der Waals surface area (Å²) in [4.78, 5) is 0.